The van der Waals surface area contributed by atoms with Crippen molar-refractivity contribution in [3.05, 3.63) is 34.4 Å². The second-order valence-corrected chi connectivity index (χ2v) is 4.51. The van der Waals surface area contributed by atoms with Crippen LogP contribution in [0.4, 0.5) is 8.78 Å². The van der Waals surface area contributed by atoms with E-state index in [1.165, 1.54) is 0 Å². The highest BCUT2D eigenvalue weighted by atomic mass is 35.5. The van der Waals surface area contributed by atoms with Gasteiger partial charge in [-0.05, 0) is 31.4 Å². The Hall–Kier alpha value is -1.16. The molecule has 1 heterocycles. The summed E-state index contributed by atoms with van der Waals surface area (Å²) in [6.45, 7) is 1.20. The number of carbonyl (C=O) groups is 1. The highest BCUT2D eigenvalue weighted by molar-refractivity contribution is 6.30. The van der Waals surface area contributed by atoms with Gasteiger partial charge in [0.1, 0.15) is 11.6 Å². The summed E-state index contributed by atoms with van der Waals surface area (Å²) in [4.78, 5) is 13.5. The molecule has 2 nitrogen and oxygen atoms in total. The summed E-state index contributed by atoms with van der Waals surface area (Å²) in [5.41, 5.74) is -0.242. The summed E-state index contributed by atoms with van der Waals surface area (Å²) < 4.78 is 26.8. The van der Waals surface area contributed by atoms with Gasteiger partial charge in [0.05, 0.1) is 10.6 Å². The van der Waals surface area contributed by atoms with Crippen LogP contribution in [-0.2, 0) is 0 Å². The zero-order chi connectivity index (χ0) is 12.4. The molecule has 0 aromatic heterocycles. The van der Waals surface area contributed by atoms with Crippen LogP contribution in [-0.4, -0.2) is 23.9 Å². The third-order valence-electron chi connectivity index (χ3n) is 2.88. The second kappa shape index (κ2) is 5.00. The monoisotopic (exact) mass is 259 g/mol. The van der Waals surface area contributed by atoms with Crippen LogP contribution in [0.25, 0.3) is 0 Å². The molecule has 0 bridgehead atoms. The van der Waals surface area contributed by atoms with E-state index in [0.29, 0.717) is 13.1 Å². The van der Waals surface area contributed by atoms with Crippen molar-refractivity contribution in [1.29, 1.82) is 0 Å². The Labute approximate surface area is 103 Å². The molecule has 17 heavy (non-hydrogen) atoms. The Morgan fingerprint density at radius 1 is 1.12 bits per heavy atom. The average Bonchev–Trinajstić information content (AvgIpc) is 2.34. The first-order valence-corrected chi connectivity index (χ1v) is 5.91. The molecular formula is C12H12ClF2NO. The number of likely N-dealkylation sites (tertiary alicyclic amines) is 1. The largest absolute Gasteiger partial charge is 0.339 e. The van der Waals surface area contributed by atoms with Gasteiger partial charge in [0.25, 0.3) is 5.91 Å². The molecule has 1 aromatic rings. The molecule has 0 radical (unpaired) electrons. The fraction of sp³-hybridized carbons (Fsp3) is 0.417. The maximum atomic E-state index is 13.5. The number of benzene rings is 1. The van der Waals surface area contributed by atoms with Gasteiger partial charge in [-0.15, -0.1) is 0 Å². The molecule has 92 valence electrons. The van der Waals surface area contributed by atoms with Crippen molar-refractivity contribution in [1.82, 2.24) is 4.90 Å². The lowest BCUT2D eigenvalue weighted by Gasteiger charge is -2.26. The van der Waals surface area contributed by atoms with Gasteiger partial charge in [0.15, 0.2) is 0 Å². The first-order chi connectivity index (χ1) is 8.09. The van der Waals surface area contributed by atoms with Gasteiger partial charge in [-0.3, -0.25) is 4.79 Å². The van der Waals surface area contributed by atoms with E-state index >= 15 is 0 Å². The Morgan fingerprint density at radius 3 is 2.41 bits per heavy atom. The summed E-state index contributed by atoms with van der Waals surface area (Å²) in [7, 11) is 0. The van der Waals surface area contributed by atoms with Crippen molar-refractivity contribution in [3.8, 4) is 0 Å². The third-order valence-corrected chi connectivity index (χ3v) is 3.17. The molecular weight excluding hydrogens is 248 g/mol. The van der Waals surface area contributed by atoms with Gasteiger partial charge >= 0.3 is 0 Å². The molecule has 0 atom stereocenters. The first kappa shape index (κ1) is 12.3. The Morgan fingerprint density at radius 2 is 1.76 bits per heavy atom. The minimum absolute atomic E-state index is 0.242. The molecule has 0 N–H and O–H groups in total. The lowest BCUT2D eigenvalue weighted by Crippen LogP contribution is -2.36. The van der Waals surface area contributed by atoms with E-state index < -0.39 is 17.5 Å². The molecule has 1 aromatic carbocycles. The van der Waals surface area contributed by atoms with Crippen molar-refractivity contribution in [2.75, 3.05) is 13.1 Å². The number of amides is 1. The Balaban J connectivity index is 2.26. The smallest absolute Gasteiger partial charge is 0.256 e. The Bertz CT molecular complexity index is 444. The number of hydrogen-bond acceptors (Lipinski definition) is 1. The normalized spacial score (nSPS) is 16.1. The summed E-state index contributed by atoms with van der Waals surface area (Å²) in [5.74, 6) is -2.00. The fourth-order valence-corrected chi connectivity index (χ4v) is 2.10. The number of halogens is 3. The maximum absolute atomic E-state index is 13.5. The van der Waals surface area contributed by atoms with Crippen molar-refractivity contribution >= 4 is 17.5 Å². The summed E-state index contributed by atoms with van der Waals surface area (Å²) in [6.07, 6.45) is 2.88. The molecule has 0 spiro atoms. The van der Waals surface area contributed by atoms with E-state index in [2.05, 4.69) is 0 Å². The highest BCUT2D eigenvalue weighted by Crippen LogP contribution is 2.21. The van der Waals surface area contributed by atoms with Crippen LogP contribution in [0.2, 0.25) is 5.02 Å². The van der Waals surface area contributed by atoms with Crippen LogP contribution >= 0.6 is 11.6 Å². The van der Waals surface area contributed by atoms with E-state index in [9.17, 15) is 13.6 Å². The number of hydrogen-bond donors (Lipinski definition) is 0. The average molecular weight is 260 g/mol. The summed E-state index contributed by atoms with van der Waals surface area (Å²) >= 11 is 5.44. The number of piperidine rings is 1. The third kappa shape index (κ3) is 2.57. The van der Waals surface area contributed by atoms with Crippen LogP contribution in [0.5, 0.6) is 0 Å². The van der Waals surface area contributed by atoms with Gasteiger partial charge in [-0.1, -0.05) is 11.6 Å². The van der Waals surface area contributed by atoms with Crippen molar-refractivity contribution < 1.29 is 13.6 Å². The molecule has 2 rings (SSSR count). The van der Waals surface area contributed by atoms with Gasteiger partial charge in [-0.25, -0.2) is 8.78 Å². The molecule has 1 amide bonds. The molecule has 0 saturated carbocycles. The molecule has 1 aliphatic heterocycles. The van der Waals surface area contributed by atoms with Crippen LogP contribution in [0.1, 0.15) is 29.6 Å². The van der Waals surface area contributed by atoms with E-state index in [1.54, 1.807) is 4.90 Å². The van der Waals surface area contributed by atoms with E-state index in [0.717, 1.165) is 31.4 Å². The zero-order valence-corrected chi connectivity index (χ0v) is 9.94. The number of nitrogens with zero attached hydrogens (tertiary/aromatic N) is 1. The molecule has 5 heteroatoms. The van der Waals surface area contributed by atoms with Crippen LogP contribution in [0.3, 0.4) is 0 Å². The topological polar surface area (TPSA) is 20.3 Å². The summed E-state index contributed by atoms with van der Waals surface area (Å²) in [5, 5.41) is -0.308. The van der Waals surface area contributed by atoms with Crippen LogP contribution < -0.4 is 0 Å². The van der Waals surface area contributed by atoms with E-state index in [1.807, 2.05) is 0 Å². The molecule has 1 saturated heterocycles. The van der Waals surface area contributed by atoms with Gasteiger partial charge < -0.3 is 4.90 Å². The molecule has 1 aliphatic rings. The number of carbonyl (C=O) groups excluding carboxylic acids is 1. The quantitative estimate of drug-likeness (QED) is 0.709. The van der Waals surface area contributed by atoms with E-state index in [-0.39, 0.29) is 10.6 Å². The maximum Gasteiger partial charge on any atom is 0.256 e. The highest BCUT2D eigenvalue weighted by Gasteiger charge is 2.22. The van der Waals surface area contributed by atoms with Gasteiger partial charge in [0, 0.05) is 13.1 Å². The van der Waals surface area contributed by atoms with Crippen molar-refractivity contribution in [2.45, 2.75) is 19.3 Å². The second-order valence-electron chi connectivity index (χ2n) is 4.10. The Kier molecular flexibility index (Phi) is 3.62. The molecule has 0 unspecified atom stereocenters. The lowest BCUT2D eigenvalue weighted by molar-refractivity contribution is 0.0719. The molecule has 0 aliphatic carbocycles. The van der Waals surface area contributed by atoms with Gasteiger partial charge in [-0.2, -0.15) is 0 Å². The van der Waals surface area contributed by atoms with Crippen LogP contribution in [0.15, 0.2) is 12.1 Å². The predicted molar refractivity (Wildman–Crippen MR) is 61.1 cm³/mol. The zero-order valence-electron chi connectivity index (χ0n) is 9.18. The van der Waals surface area contributed by atoms with E-state index in [4.69, 9.17) is 11.6 Å². The van der Waals surface area contributed by atoms with Crippen LogP contribution in [0, 0.1) is 11.6 Å². The molecule has 1 fully saturated rings. The summed E-state index contributed by atoms with van der Waals surface area (Å²) in [6, 6.07) is 1.71. The van der Waals surface area contributed by atoms with Crippen molar-refractivity contribution in [3.63, 3.8) is 0 Å². The SMILES string of the molecule is O=C(c1cc(F)c(Cl)cc1F)N1CCCCC1. The van der Waals surface area contributed by atoms with Gasteiger partial charge in [0.2, 0.25) is 0 Å². The lowest BCUT2D eigenvalue weighted by atomic mass is 10.1. The predicted octanol–water partition coefficient (Wildman–Crippen LogP) is 3.24. The fourth-order valence-electron chi connectivity index (χ4n) is 1.95. The standard InChI is InChI=1S/C12H12ClF2NO/c13-9-7-10(14)8(6-11(9)15)12(17)16-4-2-1-3-5-16/h6-7H,1-5H2. The first-order valence-electron chi connectivity index (χ1n) is 5.53. The minimum Gasteiger partial charge on any atom is -0.339 e. The number of rotatable bonds is 1. The van der Waals surface area contributed by atoms with Crippen molar-refractivity contribution in [2.24, 2.45) is 0 Å². The minimum atomic E-state index is -0.771.